The minimum atomic E-state index is -0.439. The zero-order valence-corrected chi connectivity index (χ0v) is 11.7. The van der Waals surface area contributed by atoms with Crippen LogP contribution in [0.1, 0.15) is 33.4 Å². The first-order valence-electron chi connectivity index (χ1n) is 6.23. The summed E-state index contributed by atoms with van der Waals surface area (Å²) in [6.45, 7) is 4.16. The van der Waals surface area contributed by atoms with Crippen molar-refractivity contribution < 1.29 is 9.53 Å². The van der Waals surface area contributed by atoms with Crippen LogP contribution in [-0.2, 0) is 4.74 Å². The first-order valence-corrected chi connectivity index (χ1v) is 6.23. The lowest BCUT2D eigenvalue weighted by Gasteiger charge is -2.15. The van der Waals surface area contributed by atoms with Gasteiger partial charge in [0, 0.05) is 12.7 Å². The smallest absolute Gasteiger partial charge is 0.252 e. The standard InChI is InChI=1S/C13H17N5O2/c1-8-5-4-6-10(9(8)2)13(19)14-11(7-20-3)12-15-17-18-16-12/h4-6,11H,7H2,1-3H3,(H,14,19)(H,15,16,17,18). The second kappa shape index (κ2) is 6.25. The molecular formula is C13H17N5O2. The molecule has 0 saturated heterocycles. The van der Waals surface area contributed by atoms with E-state index in [4.69, 9.17) is 4.74 Å². The molecule has 0 bridgehead atoms. The normalized spacial score (nSPS) is 12.2. The van der Waals surface area contributed by atoms with Gasteiger partial charge >= 0.3 is 0 Å². The Morgan fingerprint density at radius 1 is 1.45 bits per heavy atom. The molecule has 1 atom stereocenters. The van der Waals surface area contributed by atoms with E-state index in [1.807, 2.05) is 26.0 Å². The third-order valence-electron chi connectivity index (χ3n) is 3.16. The van der Waals surface area contributed by atoms with Gasteiger partial charge in [-0.3, -0.25) is 4.79 Å². The first-order chi connectivity index (χ1) is 9.63. The van der Waals surface area contributed by atoms with E-state index in [9.17, 15) is 4.79 Å². The van der Waals surface area contributed by atoms with Gasteiger partial charge < -0.3 is 10.1 Å². The maximum Gasteiger partial charge on any atom is 0.252 e. The fourth-order valence-electron chi connectivity index (χ4n) is 1.90. The van der Waals surface area contributed by atoms with Crippen LogP contribution in [-0.4, -0.2) is 40.2 Å². The number of nitrogens with one attached hydrogen (secondary N) is 2. The molecule has 1 aromatic heterocycles. The first kappa shape index (κ1) is 14.1. The predicted molar refractivity (Wildman–Crippen MR) is 72.2 cm³/mol. The zero-order chi connectivity index (χ0) is 14.5. The van der Waals surface area contributed by atoms with Crippen LogP contribution < -0.4 is 5.32 Å². The number of H-pyrrole nitrogens is 1. The van der Waals surface area contributed by atoms with Gasteiger partial charge in [0.15, 0.2) is 5.82 Å². The van der Waals surface area contributed by atoms with Crippen molar-refractivity contribution in [2.24, 2.45) is 0 Å². The van der Waals surface area contributed by atoms with Gasteiger partial charge in [-0.2, -0.15) is 5.21 Å². The van der Waals surface area contributed by atoms with Crippen molar-refractivity contribution in [3.05, 3.63) is 40.7 Å². The van der Waals surface area contributed by atoms with E-state index in [-0.39, 0.29) is 12.5 Å². The molecule has 0 fully saturated rings. The Kier molecular flexibility index (Phi) is 4.41. The lowest BCUT2D eigenvalue weighted by molar-refractivity contribution is 0.0891. The Morgan fingerprint density at radius 3 is 2.90 bits per heavy atom. The molecular weight excluding hydrogens is 258 g/mol. The SMILES string of the molecule is COCC(NC(=O)c1cccc(C)c1C)c1nn[nH]n1. The number of benzene rings is 1. The molecule has 2 aromatic rings. The van der Waals surface area contributed by atoms with E-state index < -0.39 is 6.04 Å². The molecule has 0 radical (unpaired) electrons. The summed E-state index contributed by atoms with van der Waals surface area (Å²) in [6.07, 6.45) is 0. The number of nitrogens with zero attached hydrogens (tertiary/aromatic N) is 3. The van der Waals surface area contributed by atoms with Gasteiger partial charge in [-0.25, -0.2) is 0 Å². The number of hydrogen-bond acceptors (Lipinski definition) is 5. The van der Waals surface area contributed by atoms with Crippen molar-refractivity contribution in [1.29, 1.82) is 0 Å². The molecule has 1 amide bonds. The van der Waals surface area contributed by atoms with Gasteiger partial charge in [0.25, 0.3) is 5.91 Å². The highest BCUT2D eigenvalue weighted by Crippen LogP contribution is 2.14. The van der Waals surface area contributed by atoms with E-state index in [0.29, 0.717) is 11.4 Å². The molecule has 7 heteroatoms. The number of ether oxygens (including phenoxy) is 1. The number of carbonyl (C=O) groups is 1. The van der Waals surface area contributed by atoms with Gasteiger partial charge in [-0.15, -0.1) is 10.2 Å². The van der Waals surface area contributed by atoms with Crippen molar-refractivity contribution in [1.82, 2.24) is 25.9 Å². The van der Waals surface area contributed by atoms with Crippen LogP contribution in [0.15, 0.2) is 18.2 Å². The number of carbonyl (C=O) groups excluding carboxylic acids is 1. The molecule has 0 spiro atoms. The van der Waals surface area contributed by atoms with Gasteiger partial charge in [0.1, 0.15) is 6.04 Å². The Morgan fingerprint density at radius 2 is 2.25 bits per heavy atom. The molecule has 0 aliphatic rings. The summed E-state index contributed by atoms with van der Waals surface area (Å²) in [5, 5.41) is 16.5. The van der Waals surface area contributed by atoms with Crippen molar-refractivity contribution in [3.63, 3.8) is 0 Å². The molecule has 2 rings (SSSR count). The number of aryl methyl sites for hydroxylation is 1. The van der Waals surface area contributed by atoms with E-state index in [1.54, 1.807) is 13.2 Å². The van der Waals surface area contributed by atoms with Crippen molar-refractivity contribution in [2.45, 2.75) is 19.9 Å². The summed E-state index contributed by atoms with van der Waals surface area (Å²) in [7, 11) is 1.55. The van der Waals surface area contributed by atoms with Gasteiger partial charge in [-0.1, -0.05) is 17.3 Å². The molecule has 1 aromatic carbocycles. The summed E-state index contributed by atoms with van der Waals surface area (Å²) < 4.78 is 5.08. The Balaban J connectivity index is 2.18. The van der Waals surface area contributed by atoms with Crippen LogP contribution in [0.5, 0.6) is 0 Å². The monoisotopic (exact) mass is 275 g/mol. The minimum Gasteiger partial charge on any atom is -0.382 e. The van der Waals surface area contributed by atoms with Crippen molar-refractivity contribution in [2.75, 3.05) is 13.7 Å². The molecule has 2 N–H and O–H groups in total. The number of amides is 1. The van der Waals surface area contributed by atoms with E-state index >= 15 is 0 Å². The summed E-state index contributed by atoms with van der Waals surface area (Å²) in [4.78, 5) is 12.3. The zero-order valence-electron chi connectivity index (χ0n) is 11.7. The predicted octanol–water partition coefficient (Wildman–Crippen LogP) is 0.934. The average molecular weight is 275 g/mol. The van der Waals surface area contributed by atoms with Gasteiger partial charge in [-0.05, 0) is 31.0 Å². The molecule has 0 aliphatic heterocycles. The highest BCUT2D eigenvalue weighted by Gasteiger charge is 2.20. The fourth-order valence-corrected chi connectivity index (χ4v) is 1.90. The molecule has 7 nitrogen and oxygen atoms in total. The number of aromatic nitrogens is 4. The number of methoxy groups -OCH3 is 1. The summed E-state index contributed by atoms with van der Waals surface area (Å²) >= 11 is 0. The van der Waals surface area contributed by atoms with Crippen LogP contribution in [0.2, 0.25) is 0 Å². The molecule has 0 saturated carbocycles. The molecule has 1 heterocycles. The lowest BCUT2D eigenvalue weighted by atomic mass is 10.0. The number of rotatable bonds is 5. The third-order valence-corrected chi connectivity index (χ3v) is 3.16. The number of tetrazole rings is 1. The molecule has 20 heavy (non-hydrogen) atoms. The highest BCUT2D eigenvalue weighted by molar-refractivity contribution is 5.96. The lowest BCUT2D eigenvalue weighted by Crippen LogP contribution is -2.32. The second-order valence-electron chi connectivity index (χ2n) is 4.50. The van der Waals surface area contributed by atoms with Crippen molar-refractivity contribution in [3.8, 4) is 0 Å². The van der Waals surface area contributed by atoms with Crippen LogP contribution in [0, 0.1) is 13.8 Å². The summed E-state index contributed by atoms with van der Waals surface area (Å²) in [5.41, 5.74) is 2.66. The Bertz CT molecular complexity index is 582. The summed E-state index contributed by atoms with van der Waals surface area (Å²) in [6, 6.07) is 5.18. The van der Waals surface area contributed by atoms with Crippen LogP contribution in [0.25, 0.3) is 0 Å². The topological polar surface area (TPSA) is 92.8 Å². The van der Waals surface area contributed by atoms with Gasteiger partial charge in [0.2, 0.25) is 0 Å². The van der Waals surface area contributed by atoms with Crippen molar-refractivity contribution >= 4 is 5.91 Å². The average Bonchev–Trinajstić information content (AvgIpc) is 2.95. The second-order valence-corrected chi connectivity index (χ2v) is 4.50. The van der Waals surface area contributed by atoms with Crippen LogP contribution >= 0.6 is 0 Å². The maximum absolute atomic E-state index is 12.3. The summed E-state index contributed by atoms with van der Waals surface area (Å²) in [5.74, 6) is 0.212. The van der Waals surface area contributed by atoms with E-state index in [1.165, 1.54) is 0 Å². The van der Waals surface area contributed by atoms with E-state index in [0.717, 1.165) is 11.1 Å². The van der Waals surface area contributed by atoms with Gasteiger partial charge in [0.05, 0.1) is 6.61 Å². The Labute approximate surface area is 116 Å². The molecule has 1 unspecified atom stereocenters. The van der Waals surface area contributed by atoms with Crippen LogP contribution in [0.3, 0.4) is 0 Å². The minimum absolute atomic E-state index is 0.182. The largest absolute Gasteiger partial charge is 0.382 e. The maximum atomic E-state index is 12.3. The quantitative estimate of drug-likeness (QED) is 0.847. The van der Waals surface area contributed by atoms with Crippen LogP contribution in [0.4, 0.5) is 0 Å². The fraction of sp³-hybridized carbons (Fsp3) is 0.385. The number of hydrogen-bond donors (Lipinski definition) is 2. The third kappa shape index (κ3) is 3.00. The molecule has 0 aliphatic carbocycles. The molecule has 106 valence electrons. The highest BCUT2D eigenvalue weighted by atomic mass is 16.5. The number of aromatic amines is 1. The van der Waals surface area contributed by atoms with E-state index in [2.05, 4.69) is 25.9 Å². The Hall–Kier alpha value is -2.28.